The molecule has 248 valence electrons. The Morgan fingerprint density at radius 1 is 0.462 bits per heavy atom. The summed E-state index contributed by atoms with van der Waals surface area (Å²) in [5.74, 6) is 1.50. The molecular weight excluding hydrogens is 635 g/mol. The molecule has 0 amide bonds. The van der Waals surface area contributed by atoms with E-state index in [4.69, 9.17) is 9.72 Å². The van der Waals surface area contributed by atoms with Crippen molar-refractivity contribution in [1.82, 2.24) is 9.55 Å². The highest BCUT2D eigenvalue weighted by molar-refractivity contribution is 6.09. The molecule has 2 aromatic heterocycles. The number of hydrogen-bond acceptors (Lipinski definition) is 3. The van der Waals surface area contributed by atoms with Gasteiger partial charge in [-0.25, -0.2) is 4.98 Å². The van der Waals surface area contributed by atoms with Gasteiger partial charge < -0.3 is 14.2 Å². The first kappa shape index (κ1) is 31.1. The molecule has 0 unspecified atom stereocenters. The van der Waals surface area contributed by atoms with Gasteiger partial charge in [0.15, 0.2) is 0 Å². The van der Waals surface area contributed by atoms with E-state index in [-0.39, 0.29) is 0 Å². The van der Waals surface area contributed by atoms with Crippen molar-refractivity contribution in [2.24, 2.45) is 0 Å². The molecule has 0 saturated heterocycles. The van der Waals surface area contributed by atoms with Crippen LogP contribution in [0.25, 0.3) is 50.0 Å². The minimum Gasteiger partial charge on any atom is -0.457 e. The molecule has 0 aliphatic heterocycles. The SMILES string of the molecule is Cc1ccc(Oc2cccc(N(c3ccccc3)c3ccccc3)c2)cc1-c1cc(-n2c3ccccc3c3ccccc32)cc(-c2ccccc2)n1. The molecule has 9 rings (SSSR count). The van der Waals surface area contributed by atoms with E-state index in [0.29, 0.717) is 0 Å². The maximum absolute atomic E-state index is 6.63. The average Bonchev–Trinajstić information content (AvgIpc) is 3.54. The van der Waals surface area contributed by atoms with E-state index in [9.17, 15) is 0 Å². The van der Waals surface area contributed by atoms with E-state index < -0.39 is 0 Å². The Morgan fingerprint density at radius 3 is 1.65 bits per heavy atom. The zero-order chi connectivity index (χ0) is 34.9. The normalized spacial score (nSPS) is 11.2. The van der Waals surface area contributed by atoms with Crippen LogP contribution < -0.4 is 9.64 Å². The fraction of sp³-hybridized carbons (Fsp3) is 0.0208. The van der Waals surface area contributed by atoms with Crippen molar-refractivity contribution in [3.05, 3.63) is 200 Å². The molecule has 0 N–H and O–H groups in total. The molecule has 9 aromatic rings. The second-order valence-electron chi connectivity index (χ2n) is 12.9. The number of rotatable bonds is 8. The first-order valence-electron chi connectivity index (χ1n) is 17.5. The molecule has 7 aromatic carbocycles. The highest BCUT2D eigenvalue weighted by atomic mass is 16.5. The van der Waals surface area contributed by atoms with Gasteiger partial charge in [-0.05, 0) is 85.3 Å². The Bertz CT molecular complexity index is 2570. The summed E-state index contributed by atoms with van der Waals surface area (Å²) < 4.78 is 8.99. The summed E-state index contributed by atoms with van der Waals surface area (Å²) in [5, 5.41) is 2.45. The van der Waals surface area contributed by atoms with Crippen molar-refractivity contribution in [2.45, 2.75) is 6.92 Å². The standard InChI is InChI=1S/C48H35N3O/c1-34-28-29-41(52-40-23-15-22-38(30-40)50(36-18-7-3-8-19-36)37-20-9-4-10-21-37)33-44(34)46-32-39(31-45(49-46)35-16-5-2-6-17-35)51-47-26-13-11-24-42(47)43-25-12-14-27-48(43)51/h2-33H,1H3. The van der Waals surface area contributed by atoms with E-state index in [0.717, 1.165) is 73.4 Å². The van der Waals surface area contributed by atoms with Gasteiger partial charge >= 0.3 is 0 Å². The lowest BCUT2D eigenvalue weighted by molar-refractivity contribution is 0.483. The molecule has 0 atom stereocenters. The summed E-state index contributed by atoms with van der Waals surface area (Å²) in [6.45, 7) is 2.13. The maximum atomic E-state index is 6.63. The summed E-state index contributed by atoms with van der Waals surface area (Å²) in [6.07, 6.45) is 0. The van der Waals surface area contributed by atoms with Crippen LogP contribution in [0.3, 0.4) is 0 Å². The Balaban J connectivity index is 1.14. The Labute approximate surface area is 303 Å². The molecule has 0 aliphatic carbocycles. The van der Waals surface area contributed by atoms with Crippen LogP contribution in [0.5, 0.6) is 11.5 Å². The van der Waals surface area contributed by atoms with Gasteiger partial charge in [-0.2, -0.15) is 0 Å². The number of ether oxygens (including phenoxy) is 1. The molecule has 0 aliphatic rings. The van der Waals surface area contributed by atoms with Crippen LogP contribution >= 0.6 is 0 Å². The second-order valence-corrected chi connectivity index (χ2v) is 12.9. The minimum atomic E-state index is 0.744. The third kappa shape index (κ3) is 5.86. The smallest absolute Gasteiger partial charge is 0.129 e. The zero-order valence-corrected chi connectivity index (χ0v) is 28.7. The highest BCUT2D eigenvalue weighted by Gasteiger charge is 2.17. The van der Waals surface area contributed by atoms with Crippen LogP contribution in [-0.4, -0.2) is 9.55 Å². The van der Waals surface area contributed by atoms with Crippen molar-refractivity contribution >= 4 is 38.9 Å². The predicted octanol–water partition coefficient (Wildman–Crippen LogP) is 13.1. The zero-order valence-electron chi connectivity index (χ0n) is 28.7. The lowest BCUT2D eigenvalue weighted by atomic mass is 10.0. The summed E-state index contributed by atoms with van der Waals surface area (Å²) in [7, 11) is 0. The number of benzene rings is 7. The van der Waals surface area contributed by atoms with Crippen molar-refractivity contribution in [3.8, 4) is 39.7 Å². The van der Waals surface area contributed by atoms with Gasteiger partial charge in [-0.3, -0.25) is 0 Å². The lowest BCUT2D eigenvalue weighted by Gasteiger charge is -2.25. The summed E-state index contributed by atoms with van der Waals surface area (Å²) >= 11 is 0. The first-order chi connectivity index (χ1) is 25.7. The number of pyridine rings is 1. The second kappa shape index (κ2) is 13.4. The van der Waals surface area contributed by atoms with Gasteiger partial charge in [0.2, 0.25) is 0 Å². The molecule has 52 heavy (non-hydrogen) atoms. The number of anilines is 3. The maximum Gasteiger partial charge on any atom is 0.129 e. The fourth-order valence-corrected chi connectivity index (χ4v) is 7.10. The monoisotopic (exact) mass is 669 g/mol. The molecule has 0 saturated carbocycles. The average molecular weight is 670 g/mol. The molecule has 0 bridgehead atoms. The molecular formula is C48H35N3O. The number of fused-ring (bicyclic) bond motifs is 3. The van der Waals surface area contributed by atoms with Gasteiger partial charge in [0.25, 0.3) is 0 Å². The van der Waals surface area contributed by atoms with E-state index in [1.165, 1.54) is 10.8 Å². The Hall–Kier alpha value is -6.91. The van der Waals surface area contributed by atoms with Crippen molar-refractivity contribution in [3.63, 3.8) is 0 Å². The first-order valence-corrected chi connectivity index (χ1v) is 17.5. The van der Waals surface area contributed by atoms with Crippen molar-refractivity contribution < 1.29 is 4.74 Å². The molecule has 0 radical (unpaired) electrons. The van der Waals surface area contributed by atoms with Crippen molar-refractivity contribution in [2.75, 3.05) is 4.90 Å². The van der Waals surface area contributed by atoms with E-state index in [1.54, 1.807) is 0 Å². The topological polar surface area (TPSA) is 30.3 Å². The molecule has 4 nitrogen and oxygen atoms in total. The lowest BCUT2D eigenvalue weighted by Crippen LogP contribution is -2.09. The molecule has 2 heterocycles. The van der Waals surface area contributed by atoms with Crippen LogP contribution in [0.4, 0.5) is 17.1 Å². The van der Waals surface area contributed by atoms with Gasteiger partial charge in [0.05, 0.1) is 28.1 Å². The van der Waals surface area contributed by atoms with Gasteiger partial charge in [-0.1, -0.05) is 115 Å². The number of hydrogen-bond donors (Lipinski definition) is 0. The largest absolute Gasteiger partial charge is 0.457 e. The quantitative estimate of drug-likeness (QED) is 0.161. The van der Waals surface area contributed by atoms with E-state index in [2.05, 4.69) is 174 Å². The van der Waals surface area contributed by atoms with Crippen LogP contribution in [0, 0.1) is 6.92 Å². The number of aryl methyl sites for hydroxylation is 1. The van der Waals surface area contributed by atoms with Gasteiger partial charge in [-0.15, -0.1) is 0 Å². The predicted molar refractivity (Wildman–Crippen MR) is 215 cm³/mol. The Morgan fingerprint density at radius 2 is 1.00 bits per heavy atom. The van der Waals surface area contributed by atoms with Gasteiger partial charge in [0, 0.05) is 45.0 Å². The van der Waals surface area contributed by atoms with Crippen LogP contribution in [0.2, 0.25) is 0 Å². The number of aromatic nitrogens is 2. The Kier molecular flexibility index (Phi) is 8.03. The van der Waals surface area contributed by atoms with E-state index >= 15 is 0 Å². The third-order valence-electron chi connectivity index (χ3n) is 9.54. The molecule has 4 heteroatoms. The van der Waals surface area contributed by atoms with E-state index in [1.807, 2.05) is 36.4 Å². The fourth-order valence-electron chi connectivity index (χ4n) is 7.10. The third-order valence-corrected chi connectivity index (χ3v) is 9.54. The molecule has 0 fully saturated rings. The molecule has 0 spiro atoms. The highest BCUT2D eigenvalue weighted by Crippen LogP contribution is 2.39. The summed E-state index contributed by atoms with van der Waals surface area (Å²) in [6, 6.07) is 67.4. The van der Waals surface area contributed by atoms with Crippen LogP contribution in [0.15, 0.2) is 194 Å². The van der Waals surface area contributed by atoms with Crippen LogP contribution in [0.1, 0.15) is 5.56 Å². The summed E-state index contributed by atoms with van der Waals surface area (Å²) in [5.41, 5.74) is 11.5. The minimum absolute atomic E-state index is 0.744. The van der Waals surface area contributed by atoms with Crippen molar-refractivity contribution in [1.29, 1.82) is 0 Å². The summed E-state index contributed by atoms with van der Waals surface area (Å²) in [4.78, 5) is 7.52. The van der Waals surface area contributed by atoms with Gasteiger partial charge in [0.1, 0.15) is 11.5 Å². The number of para-hydroxylation sites is 4. The number of nitrogens with zero attached hydrogens (tertiary/aromatic N) is 3. The van der Waals surface area contributed by atoms with Crippen LogP contribution in [-0.2, 0) is 0 Å².